The number of fused-ring (bicyclic) bond motifs is 1. The topological polar surface area (TPSA) is 0 Å². The molecule has 1 aliphatic carbocycles. The predicted molar refractivity (Wildman–Crippen MR) is 92.7 cm³/mol. The van der Waals surface area contributed by atoms with E-state index >= 15 is 0 Å². The van der Waals surface area contributed by atoms with Gasteiger partial charge >= 0.3 is 0 Å². The van der Waals surface area contributed by atoms with E-state index in [1.165, 1.54) is 33.4 Å². The minimum atomic E-state index is 0.203. The zero-order valence-corrected chi connectivity index (χ0v) is 14.2. The maximum atomic E-state index is 3.83. The lowest BCUT2D eigenvalue weighted by Crippen LogP contribution is -2.10. The summed E-state index contributed by atoms with van der Waals surface area (Å²) in [5.41, 5.74) is 8.67. The van der Waals surface area contributed by atoms with Crippen molar-refractivity contribution in [3.05, 3.63) is 64.7 Å². The Labute approximate surface area is 131 Å². The molecule has 1 unspecified atom stereocenters. The minimum Gasteiger partial charge on any atom is -0.0688 e. The third-order valence-electron chi connectivity index (χ3n) is 4.34. The van der Waals surface area contributed by atoms with Crippen LogP contribution in [0.15, 0.2) is 48.0 Å². The molecule has 0 N–H and O–H groups in total. The third kappa shape index (κ3) is 2.51. The van der Waals surface area contributed by atoms with Crippen LogP contribution in [0.2, 0.25) is 0 Å². The molecule has 3 rings (SSSR count). The van der Waals surface area contributed by atoms with Gasteiger partial charge in [-0.2, -0.15) is 0 Å². The molecular formula is C20H21Si. The number of benzene rings is 2. The van der Waals surface area contributed by atoms with E-state index in [1.807, 2.05) is 0 Å². The second-order valence-corrected chi connectivity index (χ2v) is 7.53. The first kappa shape index (κ1) is 14.3. The van der Waals surface area contributed by atoms with Crippen LogP contribution in [0.5, 0.6) is 0 Å². The number of hydrogen-bond acceptors (Lipinski definition) is 0. The Morgan fingerprint density at radius 2 is 1.62 bits per heavy atom. The first-order chi connectivity index (χ1) is 9.88. The first-order valence-corrected chi connectivity index (χ1v) is 8.09. The third-order valence-corrected chi connectivity index (χ3v) is 5.11. The van der Waals surface area contributed by atoms with Crippen LogP contribution < -0.4 is 0 Å². The van der Waals surface area contributed by atoms with E-state index in [0.29, 0.717) is 5.54 Å². The molecule has 21 heavy (non-hydrogen) atoms. The summed E-state index contributed by atoms with van der Waals surface area (Å²) in [7, 11) is 3.83. The van der Waals surface area contributed by atoms with Gasteiger partial charge in [-0.25, -0.2) is 0 Å². The Bertz CT molecular complexity index is 700. The molecule has 0 aliphatic heterocycles. The van der Waals surface area contributed by atoms with E-state index in [9.17, 15) is 0 Å². The highest BCUT2D eigenvalue weighted by molar-refractivity contribution is 6.16. The van der Waals surface area contributed by atoms with Crippen LogP contribution in [-0.2, 0) is 5.41 Å². The molecule has 2 aromatic rings. The molecule has 1 aliphatic rings. The Morgan fingerprint density at radius 3 is 2.24 bits per heavy atom. The highest BCUT2D eigenvalue weighted by atomic mass is 28.1. The van der Waals surface area contributed by atoms with E-state index in [0.717, 1.165) is 0 Å². The smallest absolute Gasteiger partial charge is 0.0392 e. The van der Waals surface area contributed by atoms with Gasteiger partial charge in [-0.3, -0.25) is 0 Å². The normalized spacial score (nSPS) is 17.6. The maximum absolute atomic E-state index is 3.83. The van der Waals surface area contributed by atoms with Crippen molar-refractivity contribution in [2.24, 2.45) is 0 Å². The molecule has 0 heterocycles. The van der Waals surface area contributed by atoms with Crippen LogP contribution in [0, 0.1) is 0 Å². The quantitative estimate of drug-likeness (QED) is 0.627. The molecule has 0 saturated carbocycles. The Kier molecular flexibility index (Phi) is 3.41. The summed E-state index contributed by atoms with van der Waals surface area (Å²) in [6.45, 7) is 8.95. The number of rotatable bonds is 1. The standard InChI is InChI=1S/C20H21Si/c1-13-12-18-16(6-5-7-17(18)19(13)21)14-8-10-15(11-9-14)20(2,3)4/h5-12,19H,1-4H3. The molecule has 0 fully saturated rings. The Morgan fingerprint density at radius 1 is 0.952 bits per heavy atom. The van der Waals surface area contributed by atoms with Crippen molar-refractivity contribution in [1.29, 1.82) is 0 Å². The molecule has 2 aromatic carbocycles. The van der Waals surface area contributed by atoms with Gasteiger partial charge < -0.3 is 0 Å². The van der Waals surface area contributed by atoms with Crippen molar-refractivity contribution in [3.63, 3.8) is 0 Å². The summed E-state index contributed by atoms with van der Waals surface area (Å²) < 4.78 is 0. The summed E-state index contributed by atoms with van der Waals surface area (Å²) in [5, 5.41) is 0. The van der Waals surface area contributed by atoms with Gasteiger partial charge in [0.15, 0.2) is 0 Å². The van der Waals surface area contributed by atoms with Crippen molar-refractivity contribution in [2.75, 3.05) is 0 Å². The maximum Gasteiger partial charge on any atom is 0.0392 e. The summed E-state index contributed by atoms with van der Waals surface area (Å²) in [6, 6.07) is 15.6. The lowest BCUT2D eigenvalue weighted by Gasteiger charge is -2.19. The monoisotopic (exact) mass is 289 g/mol. The minimum absolute atomic E-state index is 0.203. The lowest BCUT2D eigenvalue weighted by molar-refractivity contribution is 0.590. The molecule has 0 amide bonds. The van der Waals surface area contributed by atoms with Crippen molar-refractivity contribution >= 4 is 16.3 Å². The van der Waals surface area contributed by atoms with Gasteiger partial charge in [-0.15, -0.1) is 0 Å². The summed E-state index contributed by atoms with van der Waals surface area (Å²) >= 11 is 0. The highest BCUT2D eigenvalue weighted by Crippen LogP contribution is 2.39. The second-order valence-electron chi connectivity index (χ2n) is 6.96. The summed E-state index contributed by atoms with van der Waals surface area (Å²) in [4.78, 5) is 0. The Balaban J connectivity index is 2.07. The highest BCUT2D eigenvalue weighted by Gasteiger charge is 2.21. The fraction of sp³-hybridized carbons (Fsp3) is 0.300. The molecule has 0 saturated heterocycles. The van der Waals surface area contributed by atoms with E-state index in [-0.39, 0.29) is 5.41 Å². The van der Waals surface area contributed by atoms with Crippen LogP contribution in [0.4, 0.5) is 0 Å². The zero-order chi connectivity index (χ0) is 15.2. The van der Waals surface area contributed by atoms with Gasteiger partial charge in [0.1, 0.15) is 0 Å². The van der Waals surface area contributed by atoms with Crippen LogP contribution >= 0.6 is 0 Å². The van der Waals surface area contributed by atoms with Gasteiger partial charge in [-0.05, 0) is 45.7 Å². The van der Waals surface area contributed by atoms with E-state index in [2.05, 4.69) is 86.5 Å². The van der Waals surface area contributed by atoms with Gasteiger partial charge in [-0.1, -0.05) is 74.9 Å². The molecule has 3 radical (unpaired) electrons. The zero-order valence-electron chi connectivity index (χ0n) is 13.2. The van der Waals surface area contributed by atoms with Crippen LogP contribution in [0.3, 0.4) is 0 Å². The van der Waals surface area contributed by atoms with E-state index in [1.54, 1.807) is 0 Å². The van der Waals surface area contributed by atoms with Gasteiger partial charge in [0.25, 0.3) is 0 Å². The largest absolute Gasteiger partial charge is 0.0688 e. The molecule has 1 atom stereocenters. The molecule has 1 heteroatoms. The fourth-order valence-corrected chi connectivity index (χ4v) is 3.29. The molecular weight excluding hydrogens is 268 g/mol. The fourth-order valence-electron chi connectivity index (χ4n) is 2.95. The summed E-state index contributed by atoms with van der Waals surface area (Å²) in [5.74, 6) is 0. The van der Waals surface area contributed by atoms with Crippen molar-refractivity contribution in [3.8, 4) is 11.1 Å². The second kappa shape index (κ2) is 4.99. The molecule has 0 nitrogen and oxygen atoms in total. The van der Waals surface area contributed by atoms with Crippen LogP contribution in [-0.4, -0.2) is 10.2 Å². The average Bonchev–Trinajstić information content (AvgIpc) is 2.74. The predicted octanol–water partition coefficient (Wildman–Crippen LogP) is 5.28. The first-order valence-electron chi connectivity index (χ1n) is 7.51. The van der Waals surface area contributed by atoms with Crippen LogP contribution in [0.25, 0.3) is 17.2 Å². The van der Waals surface area contributed by atoms with Crippen molar-refractivity contribution in [1.82, 2.24) is 0 Å². The Hall–Kier alpha value is -1.60. The van der Waals surface area contributed by atoms with Gasteiger partial charge in [0.2, 0.25) is 0 Å². The number of allylic oxidation sites excluding steroid dienone is 1. The summed E-state index contributed by atoms with van der Waals surface area (Å²) in [6.07, 6.45) is 2.31. The molecule has 105 valence electrons. The molecule has 0 aromatic heterocycles. The number of hydrogen-bond donors (Lipinski definition) is 0. The van der Waals surface area contributed by atoms with E-state index < -0.39 is 0 Å². The van der Waals surface area contributed by atoms with Crippen LogP contribution in [0.1, 0.15) is 49.9 Å². The molecule has 0 spiro atoms. The van der Waals surface area contributed by atoms with E-state index in [4.69, 9.17) is 0 Å². The lowest BCUT2D eigenvalue weighted by atomic mass is 9.86. The molecule has 0 bridgehead atoms. The van der Waals surface area contributed by atoms with Gasteiger partial charge in [0, 0.05) is 10.2 Å². The van der Waals surface area contributed by atoms with Crippen molar-refractivity contribution < 1.29 is 0 Å². The SMILES string of the molecule is CC1=Cc2c(-c3ccc(C(C)(C)C)cc3)cccc2C1[Si]. The van der Waals surface area contributed by atoms with Gasteiger partial charge in [0.05, 0.1) is 0 Å². The van der Waals surface area contributed by atoms with Crippen molar-refractivity contribution in [2.45, 2.75) is 38.7 Å². The average molecular weight is 289 g/mol.